The van der Waals surface area contributed by atoms with Gasteiger partial charge in [0, 0.05) is 0 Å². The first kappa shape index (κ1) is 29.8. The Labute approximate surface area is 255 Å². The Morgan fingerprint density at radius 1 is 0.268 bits per heavy atom. The molecule has 0 fully saturated rings. The maximum absolute atomic E-state index is 4.38. The molecule has 4 N–H and O–H groups in total. The molecule has 0 aliphatic heterocycles. The standard InChI is InChI=1S/C38H31N.Li.H3N.H/c1-7-19-31(20-8-1)37(32-21-9-2-10-22-32,33-23-11-3-12-24-33)39-38(34-25-13-4-14-26-34,35-27-15-5-16-28-35)36-29-17-6-18-30-36;;;/h1-30,39H;;1H3;. The zero-order chi connectivity index (χ0) is 26.4. The molecule has 0 bridgehead atoms. The minimum Gasteiger partial charge on any atom is -0.283 e. The second-order valence-corrected chi connectivity index (χ2v) is 9.82. The molecule has 0 heterocycles. The van der Waals surface area contributed by atoms with Crippen LogP contribution in [0.3, 0.4) is 0 Å². The smallest absolute Gasteiger partial charge is 0.0959 e. The zero-order valence-corrected chi connectivity index (χ0v) is 22.5. The molecule has 0 radical (unpaired) electrons. The summed E-state index contributed by atoms with van der Waals surface area (Å²) in [4.78, 5) is 0. The van der Waals surface area contributed by atoms with E-state index in [2.05, 4.69) is 187 Å². The van der Waals surface area contributed by atoms with Gasteiger partial charge < -0.3 is 6.15 Å². The Bertz CT molecular complexity index is 1270. The average molecular weight is 527 g/mol. The molecule has 2 nitrogen and oxygen atoms in total. The van der Waals surface area contributed by atoms with E-state index >= 15 is 0 Å². The molecule has 6 rings (SSSR count). The minimum absolute atomic E-state index is 0. The van der Waals surface area contributed by atoms with E-state index in [0.717, 1.165) is 0 Å². The van der Waals surface area contributed by atoms with Crippen LogP contribution in [-0.4, -0.2) is 18.9 Å². The van der Waals surface area contributed by atoms with Gasteiger partial charge in [-0.1, -0.05) is 182 Å². The maximum Gasteiger partial charge on any atom is 0.0959 e. The minimum atomic E-state index is -0.675. The third-order valence-electron chi connectivity index (χ3n) is 7.62. The van der Waals surface area contributed by atoms with Crippen molar-refractivity contribution in [2.45, 2.75) is 11.1 Å². The SMILES string of the molecule is N.[LiH].c1ccc(C(NC(c2ccccc2)(c2ccccc2)c2ccccc2)(c2ccccc2)c2ccccc2)cc1. The summed E-state index contributed by atoms with van der Waals surface area (Å²) in [6.07, 6.45) is 0. The molecule has 3 heteroatoms. The van der Waals surface area contributed by atoms with Gasteiger partial charge in [-0.25, -0.2) is 0 Å². The van der Waals surface area contributed by atoms with Gasteiger partial charge in [0.2, 0.25) is 0 Å². The molecule has 41 heavy (non-hydrogen) atoms. The molecule has 0 saturated carbocycles. The van der Waals surface area contributed by atoms with E-state index in [-0.39, 0.29) is 25.0 Å². The first-order chi connectivity index (χ1) is 19.3. The molecular formula is C38H35LiN2. The molecule has 0 atom stereocenters. The fourth-order valence-electron chi connectivity index (χ4n) is 5.84. The molecular weight excluding hydrogens is 491 g/mol. The topological polar surface area (TPSA) is 47.0 Å². The Hall–Kier alpha value is -4.16. The molecule has 0 aromatic heterocycles. The van der Waals surface area contributed by atoms with Crippen molar-refractivity contribution in [1.82, 2.24) is 11.5 Å². The van der Waals surface area contributed by atoms with Gasteiger partial charge in [0.25, 0.3) is 0 Å². The summed E-state index contributed by atoms with van der Waals surface area (Å²) in [6, 6.07) is 64.9. The second kappa shape index (κ2) is 13.5. The van der Waals surface area contributed by atoms with Crippen LogP contribution in [0.4, 0.5) is 0 Å². The van der Waals surface area contributed by atoms with Crippen molar-refractivity contribution in [2.24, 2.45) is 0 Å². The number of benzene rings is 6. The van der Waals surface area contributed by atoms with Crippen molar-refractivity contribution in [2.75, 3.05) is 0 Å². The molecule has 6 aromatic carbocycles. The third kappa shape index (κ3) is 5.57. The molecule has 0 saturated heterocycles. The summed E-state index contributed by atoms with van der Waals surface area (Å²) in [5, 5.41) is 4.38. The maximum atomic E-state index is 4.38. The van der Waals surface area contributed by atoms with Gasteiger partial charge >= 0.3 is 18.9 Å². The summed E-state index contributed by atoms with van der Waals surface area (Å²) in [6.45, 7) is 0. The van der Waals surface area contributed by atoms with Crippen LogP contribution in [-0.2, 0) is 11.1 Å². The molecule has 0 unspecified atom stereocenters. The molecule has 0 aliphatic carbocycles. The van der Waals surface area contributed by atoms with E-state index in [9.17, 15) is 0 Å². The number of hydrogen-bond donors (Lipinski definition) is 2. The van der Waals surface area contributed by atoms with E-state index in [0.29, 0.717) is 0 Å². The molecule has 0 aliphatic rings. The Kier molecular flexibility index (Phi) is 9.79. The fourth-order valence-corrected chi connectivity index (χ4v) is 5.84. The van der Waals surface area contributed by atoms with Crippen molar-refractivity contribution >= 4 is 18.9 Å². The fraction of sp³-hybridized carbons (Fsp3) is 0.0526. The monoisotopic (exact) mass is 526 g/mol. The zero-order valence-electron chi connectivity index (χ0n) is 22.5. The normalized spacial score (nSPS) is 11.1. The predicted octanol–water partition coefficient (Wildman–Crippen LogP) is 8.07. The van der Waals surface area contributed by atoms with Gasteiger partial charge in [0.1, 0.15) is 0 Å². The molecule has 6 aromatic rings. The van der Waals surface area contributed by atoms with Crippen LogP contribution in [0.25, 0.3) is 0 Å². The van der Waals surface area contributed by atoms with E-state index < -0.39 is 11.1 Å². The van der Waals surface area contributed by atoms with E-state index in [4.69, 9.17) is 0 Å². The largest absolute Gasteiger partial charge is 0.283 e. The molecule has 198 valence electrons. The van der Waals surface area contributed by atoms with Crippen LogP contribution in [0.5, 0.6) is 0 Å². The van der Waals surface area contributed by atoms with Crippen molar-refractivity contribution < 1.29 is 0 Å². The van der Waals surface area contributed by atoms with E-state index in [1.54, 1.807) is 0 Å². The van der Waals surface area contributed by atoms with Gasteiger partial charge in [-0.2, -0.15) is 0 Å². The second-order valence-electron chi connectivity index (χ2n) is 9.82. The summed E-state index contributed by atoms with van der Waals surface area (Å²) >= 11 is 0. The van der Waals surface area contributed by atoms with Gasteiger partial charge in [-0.3, -0.25) is 5.32 Å². The van der Waals surface area contributed by atoms with Gasteiger partial charge in [0.05, 0.1) is 11.1 Å². The summed E-state index contributed by atoms with van der Waals surface area (Å²) in [5.41, 5.74) is 5.70. The number of hydrogen-bond acceptors (Lipinski definition) is 2. The summed E-state index contributed by atoms with van der Waals surface area (Å²) < 4.78 is 0. The van der Waals surface area contributed by atoms with E-state index in [1.807, 2.05) is 0 Å². The summed E-state index contributed by atoms with van der Waals surface area (Å²) in [7, 11) is 0. The van der Waals surface area contributed by atoms with Crippen molar-refractivity contribution in [3.63, 3.8) is 0 Å². The van der Waals surface area contributed by atoms with Crippen molar-refractivity contribution in [3.05, 3.63) is 215 Å². The van der Waals surface area contributed by atoms with E-state index in [1.165, 1.54) is 33.4 Å². The van der Waals surface area contributed by atoms with Gasteiger partial charge in [0.15, 0.2) is 0 Å². The van der Waals surface area contributed by atoms with Gasteiger partial charge in [-0.05, 0) is 33.4 Å². The first-order valence-corrected chi connectivity index (χ1v) is 13.5. The Balaban J connectivity index is 0.00000194. The molecule has 0 spiro atoms. The van der Waals surface area contributed by atoms with Crippen LogP contribution in [0.1, 0.15) is 33.4 Å². The van der Waals surface area contributed by atoms with Gasteiger partial charge in [-0.15, -0.1) is 0 Å². The van der Waals surface area contributed by atoms with Crippen LogP contribution >= 0.6 is 0 Å². The number of rotatable bonds is 8. The quantitative estimate of drug-likeness (QED) is 0.156. The van der Waals surface area contributed by atoms with Crippen molar-refractivity contribution in [1.29, 1.82) is 0 Å². The Morgan fingerprint density at radius 3 is 0.561 bits per heavy atom. The van der Waals surface area contributed by atoms with Crippen LogP contribution in [0.15, 0.2) is 182 Å². The van der Waals surface area contributed by atoms with Crippen LogP contribution in [0.2, 0.25) is 0 Å². The number of nitrogens with one attached hydrogen (secondary N) is 1. The predicted molar refractivity (Wildman–Crippen MR) is 174 cm³/mol. The molecule has 0 amide bonds. The van der Waals surface area contributed by atoms with Crippen LogP contribution < -0.4 is 11.5 Å². The average Bonchev–Trinajstić information content (AvgIpc) is 3.04. The van der Waals surface area contributed by atoms with Crippen molar-refractivity contribution in [3.8, 4) is 0 Å². The third-order valence-corrected chi connectivity index (χ3v) is 7.62. The Morgan fingerprint density at radius 2 is 0.415 bits per heavy atom. The first-order valence-electron chi connectivity index (χ1n) is 13.5. The van der Waals surface area contributed by atoms with Crippen LogP contribution in [0, 0.1) is 0 Å². The summed E-state index contributed by atoms with van der Waals surface area (Å²) in [5.74, 6) is 0.